The largest absolute Gasteiger partial charge is 0.527 e. The molecular weight excluding hydrogens is 279 g/mol. The number of methoxy groups -OCH3 is 1. The van der Waals surface area contributed by atoms with Crippen molar-refractivity contribution in [3.05, 3.63) is 0 Å². The molecule has 0 aromatic heterocycles. The minimum Gasteiger partial charge on any atom is -0.299 e. The number of halogens is 9. The molecule has 0 aromatic carbocycles. The van der Waals surface area contributed by atoms with Gasteiger partial charge in [0.2, 0.25) is 0 Å². The zero-order valence-electron chi connectivity index (χ0n) is 7.63. The predicted molar refractivity (Wildman–Crippen MR) is 30.1 cm³/mol. The van der Waals surface area contributed by atoms with E-state index in [0.29, 0.717) is 0 Å². The summed E-state index contributed by atoms with van der Waals surface area (Å²) in [5.41, 5.74) is 0. The van der Waals surface area contributed by atoms with Gasteiger partial charge in [0.05, 0.1) is 0 Å². The fourth-order valence-electron chi connectivity index (χ4n) is 0.455. The van der Waals surface area contributed by atoms with Gasteiger partial charge in [0.1, 0.15) is 0 Å². The molecule has 17 heavy (non-hydrogen) atoms. The van der Waals surface area contributed by atoms with E-state index in [9.17, 15) is 39.5 Å². The molecule has 0 bridgehead atoms. The summed E-state index contributed by atoms with van der Waals surface area (Å²) < 4.78 is 113. The van der Waals surface area contributed by atoms with Gasteiger partial charge in [-0.15, -0.1) is 22.0 Å². The van der Waals surface area contributed by atoms with Gasteiger partial charge >= 0.3 is 24.9 Å². The van der Waals surface area contributed by atoms with Crippen LogP contribution in [0.3, 0.4) is 0 Å². The topological polar surface area (TPSA) is 27.7 Å². The second kappa shape index (κ2) is 4.49. The second-order valence-electron chi connectivity index (χ2n) is 2.35. The van der Waals surface area contributed by atoms with Gasteiger partial charge in [0, 0.05) is 7.11 Å². The van der Waals surface area contributed by atoms with Crippen LogP contribution >= 0.6 is 0 Å². The van der Waals surface area contributed by atoms with Crippen molar-refractivity contribution in [3.63, 3.8) is 0 Å². The Labute approximate surface area is 87.0 Å². The van der Waals surface area contributed by atoms with Gasteiger partial charge in [-0.1, -0.05) is 0 Å². The average Bonchev–Trinajstić information content (AvgIpc) is 1.97. The van der Waals surface area contributed by atoms with E-state index in [2.05, 4.69) is 9.47 Å². The molecule has 0 heterocycles. The summed E-state index contributed by atoms with van der Waals surface area (Å²) in [6.45, 7) is 0. The summed E-state index contributed by atoms with van der Waals surface area (Å²) in [7, 11) is 0.0961. The van der Waals surface area contributed by atoms with Gasteiger partial charge in [-0.3, -0.25) is 4.74 Å². The van der Waals surface area contributed by atoms with Crippen LogP contribution in [-0.2, 0) is 14.2 Å². The maximum atomic E-state index is 12.3. The molecule has 0 unspecified atom stereocenters. The van der Waals surface area contributed by atoms with E-state index in [4.69, 9.17) is 0 Å². The Kier molecular flexibility index (Phi) is 4.30. The van der Waals surface area contributed by atoms with Gasteiger partial charge in [0.15, 0.2) is 0 Å². The number of hydrogen-bond donors (Lipinski definition) is 0. The van der Waals surface area contributed by atoms with Crippen molar-refractivity contribution < 1.29 is 53.7 Å². The van der Waals surface area contributed by atoms with Crippen LogP contribution in [-0.4, -0.2) is 32.0 Å². The Morgan fingerprint density at radius 3 is 1.29 bits per heavy atom. The Hall–Kier alpha value is -0.750. The molecular formula is C5H3F9O3. The molecule has 104 valence electrons. The highest BCUT2D eigenvalue weighted by Gasteiger charge is 2.68. The first kappa shape index (κ1) is 16.2. The molecule has 12 heteroatoms. The first-order valence-electron chi connectivity index (χ1n) is 3.38. The molecule has 0 saturated carbocycles. The molecule has 0 rings (SSSR count). The van der Waals surface area contributed by atoms with Gasteiger partial charge in [-0.25, -0.2) is 9.47 Å². The molecule has 0 atom stereocenters. The summed E-state index contributed by atoms with van der Waals surface area (Å²) >= 11 is 0. The van der Waals surface area contributed by atoms with E-state index in [-0.39, 0.29) is 7.11 Å². The molecule has 3 nitrogen and oxygen atoms in total. The molecule has 0 radical (unpaired) electrons. The minimum absolute atomic E-state index is 0.0961. The van der Waals surface area contributed by atoms with Gasteiger partial charge in [-0.2, -0.15) is 17.6 Å². The third kappa shape index (κ3) is 4.95. The van der Waals surface area contributed by atoms with Gasteiger partial charge < -0.3 is 0 Å². The van der Waals surface area contributed by atoms with E-state index >= 15 is 0 Å². The van der Waals surface area contributed by atoms with Crippen molar-refractivity contribution in [1.82, 2.24) is 0 Å². The Morgan fingerprint density at radius 2 is 1.00 bits per heavy atom. The Morgan fingerprint density at radius 1 is 0.647 bits per heavy atom. The second-order valence-corrected chi connectivity index (χ2v) is 2.35. The maximum Gasteiger partial charge on any atom is 0.527 e. The van der Waals surface area contributed by atoms with E-state index in [0.717, 1.165) is 0 Å². The third-order valence-corrected chi connectivity index (χ3v) is 1.07. The molecule has 0 N–H and O–H groups in total. The summed E-state index contributed by atoms with van der Waals surface area (Å²) in [4.78, 5) is 0. The van der Waals surface area contributed by atoms with Crippen LogP contribution in [0.2, 0.25) is 0 Å². The highest BCUT2D eigenvalue weighted by Crippen LogP contribution is 2.43. The van der Waals surface area contributed by atoms with Crippen LogP contribution in [0, 0.1) is 0 Å². The average molecular weight is 282 g/mol. The quantitative estimate of drug-likeness (QED) is 0.573. The molecule has 0 aliphatic carbocycles. The lowest BCUT2D eigenvalue weighted by molar-refractivity contribution is -0.553. The first-order chi connectivity index (χ1) is 7.22. The van der Waals surface area contributed by atoms with Crippen LogP contribution < -0.4 is 0 Å². The minimum atomic E-state index is -6.35. The van der Waals surface area contributed by atoms with Crippen LogP contribution in [0.25, 0.3) is 0 Å². The lowest BCUT2D eigenvalue weighted by atomic mass is 10.6. The predicted octanol–water partition coefficient (Wildman–Crippen LogP) is 2.92. The molecule has 0 amide bonds. The highest BCUT2D eigenvalue weighted by molar-refractivity contribution is 4.68. The van der Waals surface area contributed by atoms with Crippen LogP contribution in [0.15, 0.2) is 0 Å². The molecule has 0 aromatic rings. The maximum absolute atomic E-state index is 12.3. The highest BCUT2D eigenvalue weighted by atomic mass is 19.4. The standard InChI is InChI=1S/C5H3F9O3/c1-15-5(13,14)17-3(8,9)2(6,7)16-4(10,11)12/h1H3. The molecule has 0 aliphatic rings. The SMILES string of the molecule is COC(F)(F)OC(F)(F)C(F)(F)OC(F)(F)F. The van der Waals surface area contributed by atoms with Crippen molar-refractivity contribution in [2.75, 3.05) is 7.11 Å². The molecule has 0 fully saturated rings. The summed E-state index contributed by atoms with van der Waals surface area (Å²) in [5.74, 6) is 0. The van der Waals surface area contributed by atoms with Gasteiger partial charge in [0.25, 0.3) is 0 Å². The first-order valence-corrected chi connectivity index (χ1v) is 3.38. The number of rotatable bonds is 5. The normalized spacial score (nSPS) is 15.2. The fraction of sp³-hybridized carbons (Fsp3) is 1.00. The number of hydrogen-bond acceptors (Lipinski definition) is 3. The van der Waals surface area contributed by atoms with Crippen molar-refractivity contribution in [3.8, 4) is 0 Å². The molecule has 0 aliphatic heterocycles. The number of alkyl halides is 9. The summed E-state index contributed by atoms with van der Waals surface area (Å²) in [6.07, 6.45) is -24.0. The summed E-state index contributed by atoms with van der Waals surface area (Å²) in [6, 6.07) is 0. The lowest BCUT2D eigenvalue weighted by Crippen LogP contribution is -2.51. The van der Waals surface area contributed by atoms with Crippen LogP contribution in [0.1, 0.15) is 0 Å². The van der Waals surface area contributed by atoms with Crippen molar-refractivity contribution in [2.24, 2.45) is 0 Å². The zero-order valence-corrected chi connectivity index (χ0v) is 7.63. The Bertz CT molecular complexity index is 260. The van der Waals surface area contributed by atoms with Crippen molar-refractivity contribution in [1.29, 1.82) is 0 Å². The summed E-state index contributed by atoms with van der Waals surface area (Å²) in [5, 5.41) is 0. The lowest BCUT2D eigenvalue weighted by Gasteiger charge is -2.28. The van der Waals surface area contributed by atoms with E-state index in [1.165, 1.54) is 0 Å². The number of ether oxygens (including phenoxy) is 3. The molecule has 0 saturated heterocycles. The molecule has 0 spiro atoms. The Balaban J connectivity index is 4.91. The van der Waals surface area contributed by atoms with Gasteiger partial charge in [-0.05, 0) is 0 Å². The van der Waals surface area contributed by atoms with Crippen LogP contribution in [0.5, 0.6) is 0 Å². The van der Waals surface area contributed by atoms with E-state index in [1.54, 1.807) is 4.74 Å². The monoisotopic (exact) mass is 282 g/mol. The smallest absolute Gasteiger partial charge is 0.299 e. The van der Waals surface area contributed by atoms with E-state index < -0.39 is 24.9 Å². The van der Waals surface area contributed by atoms with Crippen molar-refractivity contribution >= 4 is 0 Å². The zero-order chi connectivity index (χ0) is 14.1. The third-order valence-electron chi connectivity index (χ3n) is 1.07. The fourth-order valence-corrected chi connectivity index (χ4v) is 0.455. The van der Waals surface area contributed by atoms with Crippen LogP contribution in [0.4, 0.5) is 39.5 Å². The van der Waals surface area contributed by atoms with E-state index in [1.807, 2.05) is 0 Å². The van der Waals surface area contributed by atoms with Crippen molar-refractivity contribution in [2.45, 2.75) is 24.9 Å².